The van der Waals surface area contributed by atoms with E-state index in [4.69, 9.17) is 4.74 Å². The molecule has 0 spiro atoms. The van der Waals surface area contributed by atoms with E-state index in [0.29, 0.717) is 5.56 Å². The first-order chi connectivity index (χ1) is 9.78. The maximum absolute atomic E-state index is 11.3. The van der Waals surface area contributed by atoms with Crippen molar-refractivity contribution in [1.82, 2.24) is 4.90 Å². The van der Waals surface area contributed by atoms with Gasteiger partial charge in [0.05, 0.1) is 19.3 Å². The van der Waals surface area contributed by atoms with Gasteiger partial charge in [0, 0.05) is 12.6 Å². The fraction of sp³-hybridized carbons (Fsp3) is 0.562. The van der Waals surface area contributed by atoms with E-state index in [1.54, 1.807) is 12.1 Å². The highest BCUT2D eigenvalue weighted by Crippen LogP contribution is 2.44. The molecule has 0 N–H and O–H groups in total. The molecule has 1 aliphatic heterocycles. The number of methoxy groups -OCH3 is 1. The van der Waals surface area contributed by atoms with Crippen LogP contribution in [-0.2, 0) is 4.74 Å². The number of hydrogen-bond acceptors (Lipinski definition) is 4. The van der Waals surface area contributed by atoms with Crippen LogP contribution in [-0.4, -0.2) is 43.7 Å². The lowest BCUT2D eigenvalue weighted by Gasteiger charge is -2.17. The number of piperidine rings is 1. The van der Waals surface area contributed by atoms with Gasteiger partial charge >= 0.3 is 5.97 Å². The quantitative estimate of drug-likeness (QED) is 0.590. The number of rotatable bonds is 6. The van der Waals surface area contributed by atoms with Gasteiger partial charge in [0.25, 0.3) is 0 Å². The van der Waals surface area contributed by atoms with Crippen molar-refractivity contribution in [2.75, 3.05) is 26.8 Å². The lowest BCUT2D eigenvalue weighted by atomic mass is 10.2. The van der Waals surface area contributed by atoms with Crippen LogP contribution in [0.2, 0.25) is 0 Å². The van der Waals surface area contributed by atoms with Crippen molar-refractivity contribution in [3.63, 3.8) is 0 Å². The smallest absolute Gasteiger partial charge is 0.337 e. The van der Waals surface area contributed by atoms with Gasteiger partial charge in [0.2, 0.25) is 0 Å². The molecule has 1 aromatic carbocycles. The van der Waals surface area contributed by atoms with E-state index in [1.807, 2.05) is 12.1 Å². The van der Waals surface area contributed by atoms with E-state index in [2.05, 4.69) is 9.64 Å². The molecular weight excluding hydrogens is 254 g/mol. The summed E-state index contributed by atoms with van der Waals surface area (Å²) in [7, 11) is 1.38. The van der Waals surface area contributed by atoms with Gasteiger partial charge in [-0.25, -0.2) is 4.79 Å². The molecule has 0 bridgehead atoms. The standard InChI is InChI=1S/C16H21NO3/c1-19-16(18)12-3-5-14(6-4-12)20-10-2-8-17-9-7-13-11-15(13)17/h3-6,13,15H,2,7-11H2,1H3/t13-,15+/m1/s1. The Labute approximate surface area is 119 Å². The molecule has 0 aromatic heterocycles. The normalized spacial score (nSPS) is 24.2. The van der Waals surface area contributed by atoms with Gasteiger partial charge in [0.1, 0.15) is 5.75 Å². The fourth-order valence-electron chi connectivity index (χ4n) is 3.03. The molecular formula is C16H21NO3. The van der Waals surface area contributed by atoms with Crippen LogP contribution in [0.4, 0.5) is 0 Å². The molecule has 4 nitrogen and oxygen atoms in total. The van der Waals surface area contributed by atoms with E-state index in [-0.39, 0.29) is 5.97 Å². The Morgan fingerprint density at radius 3 is 2.75 bits per heavy atom. The SMILES string of the molecule is COC(=O)c1ccc(OCCCN2CC[C@@H]3C[C@@H]32)cc1. The summed E-state index contributed by atoms with van der Waals surface area (Å²) in [6, 6.07) is 7.99. The monoisotopic (exact) mass is 275 g/mol. The lowest BCUT2D eigenvalue weighted by molar-refractivity contribution is 0.0600. The van der Waals surface area contributed by atoms with Crippen molar-refractivity contribution in [3.8, 4) is 5.75 Å². The van der Waals surface area contributed by atoms with Crippen molar-refractivity contribution in [3.05, 3.63) is 29.8 Å². The largest absolute Gasteiger partial charge is 0.494 e. The first kappa shape index (κ1) is 13.4. The van der Waals surface area contributed by atoms with E-state index in [9.17, 15) is 4.79 Å². The molecule has 0 unspecified atom stereocenters. The molecule has 3 rings (SSSR count). The molecule has 1 aromatic rings. The van der Waals surface area contributed by atoms with Crippen LogP contribution in [0.25, 0.3) is 0 Å². The third kappa shape index (κ3) is 2.96. The van der Waals surface area contributed by atoms with Crippen molar-refractivity contribution in [2.24, 2.45) is 5.92 Å². The Bertz CT molecular complexity index is 471. The van der Waals surface area contributed by atoms with Crippen molar-refractivity contribution in [2.45, 2.75) is 25.3 Å². The summed E-state index contributed by atoms with van der Waals surface area (Å²) in [6.45, 7) is 3.13. The molecule has 0 amide bonds. The van der Waals surface area contributed by atoms with Gasteiger partial charge in [-0.3, -0.25) is 4.90 Å². The maximum atomic E-state index is 11.3. The maximum Gasteiger partial charge on any atom is 0.337 e. The van der Waals surface area contributed by atoms with Crippen LogP contribution in [0, 0.1) is 5.92 Å². The average Bonchev–Trinajstić information content (AvgIpc) is 3.17. The number of ether oxygens (including phenoxy) is 2. The van der Waals surface area contributed by atoms with Gasteiger partial charge in [-0.1, -0.05) is 0 Å². The molecule has 2 fully saturated rings. The molecule has 1 aliphatic carbocycles. The van der Waals surface area contributed by atoms with E-state index < -0.39 is 0 Å². The topological polar surface area (TPSA) is 38.8 Å². The molecule has 1 heterocycles. The second-order valence-corrected chi connectivity index (χ2v) is 5.61. The predicted octanol–water partition coefficient (Wildman–Crippen LogP) is 2.34. The molecule has 2 aliphatic rings. The van der Waals surface area contributed by atoms with E-state index in [0.717, 1.165) is 37.3 Å². The Balaban J connectivity index is 1.38. The minimum Gasteiger partial charge on any atom is -0.494 e. The highest BCUT2D eigenvalue weighted by atomic mass is 16.5. The van der Waals surface area contributed by atoms with E-state index in [1.165, 1.54) is 26.5 Å². The Morgan fingerprint density at radius 2 is 2.15 bits per heavy atom. The summed E-state index contributed by atoms with van der Waals surface area (Å²) >= 11 is 0. The Morgan fingerprint density at radius 1 is 1.35 bits per heavy atom. The molecule has 4 heteroatoms. The van der Waals surface area contributed by atoms with Crippen molar-refractivity contribution < 1.29 is 14.3 Å². The highest BCUT2D eigenvalue weighted by molar-refractivity contribution is 5.89. The minimum absolute atomic E-state index is 0.315. The van der Waals surface area contributed by atoms with Crippen LogP contribution in [0.15, 0.2) is 24.3 Å². The number of nitrogens with zero attached hydrogens (tertiary/aromatic N) is 1. The first-order valence-electron chi connectivity index (χ1n) is 7.33. The Hall–Kier alpha value is -1.55. The molecule has 0 radical (unpaired) electrons. The fourth-order valence-corrected chi connectivity index (χ4v) is 3.03. The highest BCUT2D eigenvalue weighted by Gasteiger charge is 2.46. The Kier molecular flexibility index (Phi) is 3.92. The first-order valence-corrected chi connectivity index (χ1v) is 7.33. The molecule has 1 saturated carbocycles. The minimum atomic E-state index is -0.315. The van der Waals surface area contributed by atoms with Crippen LogP contribution in [0.3, 0.4) is 0 Å². The molecule has 20 heavy (non-hydrogen) atoms. The zero-order valence-corrected chi connectivity index (χ0v) is 11.9. The summed E-state index contributed by atoms with van der Waals surface area (Å²) < 4.78 is 10.4. The second kappa shape index (κ2) is 5.83. The number of carbonyl (C=O) groups excluding carboxylic acids is 1. The summed E-state index contributed by atoms with van der Waals surface area (Å²) in [5.41, 5.74) is 0.552. The van der Waals surface area contributed by atoms with Gasteiger partial charge < -0.3 is 9.47 Å². The third-order valence-corrected chi connectivity index (χ3v) is 4.28. The van der Waals surface area contributed by atoms with Crippen molar-refractivity contribution in [1.29, 1.82) is 0 Å². The summed E-state index contributed by atoms with van der Waals surface area (Å²) in [6.07, 6.45) is 3.86. The van der Waals surface area contributed by atoms with Crippen LogP contribution in [0.1, 0.15) is 29.6 Å². The number of hydrogen-bond donors (Lipinski definition) is 0. The van der Waals surface area contributed by atoms with Gasteiger partial charge in [-0.2, -0.15) is 0 Å². The van der Waals surface area contributed by atoms with Gasteiger partial charge in [-0.05, 0) is 56.0 Å². The average molecular weight is 275 g/mol. The molecule has 1 saturated heterocycles. The lowest BCUT2D eigenvalue weighted by Crippen LogP contribution is -2.25. The van der Waals surface area contributed by atoms with Crippen LogP contribution in [0.5, 0.6) is 5.75 Å². The number of likely N-dealkylation sites (tertiary alicyclic amines) is 1. The zero-order chi connectivity index (χ0) is 13.9. The predicted molar refractivity (Wildman–Crippen MR) is 76.0 cm³/mol. The molecule has 108 valence electrons. The van der Waals surface area contributed by atoms with Crippen LogP contribution < -0.4 is 4.74 Å². The third-order valence-electron chi connectivity index (χ3n) is 4.28. The van der Waals surface area contributed by atoms with E-state index >= 15 is 0 Å². The summed E-state index contributed by atoms with van der Waals surface area (Å²) in [4.78, 5) is 13.9. The number of fused-ring (bicyclic) bond motifs is 1. The number of carbonyl (C=O) groups is 1. The van der Waals surface area contributed by atoms with Gasteiger partial charge in [-0.15, -0.1) is 0 Å². The summed E-state index contributed by atoms with van der Waals surface area (Å²) in [5, 5.41) is 0. The van der Waals surface area contributed by atoms with Gasteiger partial charge in [0.15, 0.2) is 0 Å². The zero-order valence-electron chi connectivity index (χ0n) is 11.9. The molecule has 2 atom stereocenters. The number of esters is 1. The second-order valence-electron chi connectivity index (χ2n) is 5.61. The van der Waals surface area contributed by atoms with Crippen molar-refractivity contribution >= 4 is 5.97 Å². The van der Waals surface area contributed by atoms with Crippen LogP contribution >= 0.6 is 0 Å². The summed E-state index contributed by atoms with van der Waals surface area (Å²) in [5.74, 6) is 1.50. The number of benzene rings is 1.